The number of aromatic nitrogens is 1. The summed E-state index contributed by atoms with van der Waals surface area (Å²) in [7, 11) is 5.79. The molecule has 0 aliphatic carbocycles. The summed E-state index contributed by atoms with van der Waals surface area (Å²) in [6, 6.07) is 30.4. The fourth-order valence-corrected chi connectivity index (χ4v) is 6.23. The minimum Gasteiger partial charge on any atom is -0.481 e. The number of rotatable bonds is 10. The van der Waals surface area contributed by atoms with Crippen molar-refractivity contribution in [1.82, 2.24) is 9.88 Å². The first-order valence-electron chi connectivity index (χ1n) is 13.5. The number of aliphatic hydroxyl groups is 1. The summed E-state index contributed by atoms with van der Waals surface area (Å²) < 4.78 is 6.86. The van der Waals surface area contributed by atoms with Crippen molar-refractivity contribution >= 4 is 49.2 Å². The third kappa shape index (κ3) is 6.03. The number of halogens is 2. The van der Waals surface area contributed by atoms with Crippen LogP contribution in [0.2, 0.25) is 5.02 Å². The summed E-state index contributed by atoms with van der Waals surface area (Å²) in [5.41, 5.74) is 2.14. The Bertz CT molecular complexity index is 1640. The predicted molar refractivity (Wildman–Crippen MR) is 170 cm³/mol. The topological polar surface area (TPSA) is 45.6 Å². The van der Waals surface area contributed by atoms with Crippen molar-refractivity contribution < 1.29 is 9.84 Å². The molecule has 0 bridgehead atoms. The zero-order chi connectivity index (χ0) is 28.3. The molecule has 40 heavy (non-hydrogen) atoms. The second-order valence-corrected chi connectivity index (χ2v) is 12.0. The van der Waals surface area contributed by atoms with E-state index < -0.39 is 11.5 Å². The number of benzene rings is 4. The van der Waals surface area contributed by atoms with E-state index in [0.29, 0.717) is 17.3 Å². The lowest BCUT2D eigenvalue weighted by atomic mass is 9.71. The SMILES string of the molecule is COc1nc2ccc(Br)cc2cc1C(c1cccc(Cl)c1)C(O)(CCCCN(C)C)c1ccc2ccccc2c1. The van der Waals surface area contributed by atoms with Gasteiger partial charge >= 0.3 is 0 Å². The monoisotopic (exact) mass is 616 g/mol. The standard InChI is InChI=1S/C34H34BrClN2O2/c1-38(2)18-7-6-17-34(39,27-14-13-23-9-4-5-10-24(23)19-27)32(25-11-8-12-29(36)21-25)30-22-26-20-28(35)15-16-31(26)37-33(30)40-3/h4-5,8-16,19-22,32,39H,6-7,17-18H2,1-3H3. The molecule has 0 saturated carbocycles. The van der Waals surface area contributed by atoms with Gasteiger partial charge in [0.2, 0.25) is 5.88 Å². The van der Waals surface area contributed by atoms with Gasteiger partial charge in [-0.05, 0) is 104 Å². The van der Waals surface area contributed by atoms with Crippen LogP contribution >= 0.6 is 27.5 Å². The van der Waals surface area contributed by atoms with Gasteiger partial charge in [-0.25, -0.2) is 4.98 Å². The second-order valence-electron chi connectivity index (χ2n) is 10.7. The van der Waals surface area contributed by atoms with Gasteiger partial charge in [0.25, 0.3) is 0 Å². The minimum absolute atomic E-state index is 0.488. The van der Waals surface area contributed by atoms with Crippen molar-refractivity contribution in [2.75, 3.05) is 27.7 Å². The van der Waals surface area contributed by atoms with E-state index in [0.717, 1.165) is 62.2 Å². The lowest BCUT2D eigenvalue weighted by molar-refractivity contribution is 0.00691. The zero-order valence-electron chi connectivity index (χ0n) is 23.1. The van der Waals surface area contributed by atoms with E-state index in [1.54, 1.807) is 7.11 Å². The number of nitrogens with zero attached hydrogens (tertiary/aromatic N) is 2. The Balaban J connectivity index is 1.76. The second kappa shape index (κ2) is 12.3. The molecule has 4 nitrogen and oxygen atoms in total. The van der Waals surface area contributed by atoms with E-state index in [2.05, 4.69) is 71.3 Å². The first-order valence-corrected chi connectivity index (χ1v) is 14.7. The average Bonchev–Trinajstić information content (AvgIpc) is 2.94. The van der Waals surface area contributed by atoms with E-state index in [4.69, 9.17) is 21.3 Å². The van der Waals surface area contributed by atoms with E-state index >= 15 is 0 Å². The number of methoxy groups -OCH3 is 1. The first-order chi connectivity index (χ1) is 19.3. The lowest BCUT2D eigenvalue weighted by Gasteiger charge is -2.38. The van der Waals surface area contributed by atoms with Gasteiger partial charge in [0.15, 0.2) is 0 Å². The maximum atomic E-state index is 13.1. The van der Waals surface area contributed by atoms with Crippen LogP contribution in [0.4, 0.5) is 0 Å². The van der Waals surface area contributed by atoms with E-state index in [9.17, 15) is 5.11 Å². The summed E-state index contributed by atoms with van der Waals surface area (Å²) in [6.45, 7) is 0.949. The third-order valence-electron chi connectivity index (χ3n) is 7.60. The molecular formula is C34H34BrClN2O2. The van der Waals surface area contributed by atoms with Gasteiger partial charge in [-0.15, -0.1) is 0 Å². The highest BCUT2D eigenvalue weighted by Gasteiger charge is 2.42. The van der Waals surface area contributed by atoms with Crippen LogP contribution < -0.4 is 4.74 Å². The van der Waals surface area contributed by atoms with Crippen LogP contribution in [0.15, 0.2) is 95.5 Å². The molecule has 206 valence electrons. The Labute approximate surface area is 249 Å². The molecule has 0 saturated heterocycles. The predicted octanol–water partition coefficient (Wildman–Crippen LogP) is 8.56. The van der Waals surface area contributed by atoms with Gasteiger partial charge in [-0.1, -0.05) is 76.1 Å². The van der Waals surface area contributed by atoms with Crippen LogP contribution in [0.1, 0.15) is 41.9 Å². The molecule has 5 aromatic rings. The highest BCUT2D eigenvalue weighted by Crippen LogP contribution is 2.49. The third-order valence-corrected chi connectivity index (χ3v) is 8.32. The summed E-state index contributed by atoms with van der Waals surface area (Å²) in [6.07, 6.45) is 2.36. The minimum atomic E-state index is -1.27. The van der Waals surface area contributed by atoms with Crippen molar-refractivity contribution in [2.24, 2.45) is 0 Å². The van der Waals surface area contributed by atoms with Gasteiger partial charge in [0.05, 0.1) is 12.6 Å². The molecule has 0 amide bonds. The molecule has 5 rings (SSSR count). The number of fused-ring (bicyclic) bond motifs is 2. The largest absolute Gasteiger partial charge is 0.481 e. The summed E-state index contributed by atoms with van der Waals surface area (Å²) >= 11 is 10.2. The van der Waals surface area contributed by atoms with Gasteiger partial charge in [-0.2, -0.15) is 0 Å². The molecule has 1 heterocycles. The van der Waals surface area contributed by atoms with E-state index in [-0.39, 0.29) is 0 Å². The van der Waals surface area contributed by atoms with Crippen molar-refractivity contribution in [2.45, 2.75) is 30.8 Å². The molecule has 6 heteroatoms. The van der Waals surface area contributed by atoms with Crippen molar-refractivity contribution in [3.63, 3.8) is 0 Å². The van der Waals surface area contributed by atoms with E-state index in [1.807, 2.05) is 54.6 Å². The fourth-order valence-electron chi connectivity index (χ4n) is 5.65. The quantitative estimate of drug-likeness (QED) is 0.160. The molecule has 1 aromatic heterocycles. The molecule has 0 fully saturated rings. The van der Waals surface area contributed by atoms with Crippen molar-refractivity contribution in [3.05, 3.63) is 117 Å². The number of ether oxygens (including phenoxy) is 1. The Kier molecular flexibility index (Phi) is 8.77. The maximum absolute atomic E-state index is 13.1. The van der Waals surface area contributed by atoms with E-state index in [1.165, 1.54) is 0 Å². The molecule has 4 aromatic carbocycles. The van der Waals surface area contributed by atoms with Crippen molar-refractivity contribution in [3.8, 4) is 5.88 Å². The molecule has 2 atom stereocenters. The summed E-state index contributed by atoms with van der Waals surface area (Å²) in [4.78, 5) is 7.06. The van der Waals surface area contributed by atoms with Crippen LogP contribution in [0.25, 0.3) is 21.7 Å². The lowest BCUT2D eigenvalue weighted by Crippen LogP contribution is -2.35. The Morgan fingerprint density at radius 2 is 1.70 bits per heavy atom. The number of unbranched alkanes of at least 4 members (excludes halogenated alkanes) is 1. The number of pyridine rings is 1. The molecule has 0 aliphatic rings. The number of hydrogen-bond donors (Lipinski definition) is 1. The Morgan fingerprint density at radius 3 is 2.45 bits per heavy atom. The Hall–Kier alpha value is -2.96. The normalized spacial score (nSPS) is 14.0. The van der Waals surface area contributed by atoms with Crippen LogP contribution in [0.5, 0.6) is 5.88 Å². The summed E-state index contributed by atoms with van der Waals surface area (Å²) in [5, 5.41) is 16.9. The van der Waals surface area contributed by atoms with Gasteiger partial charge < -0.3 is 14.7 Å². The highest BCUT2D eigenvalue weighted by atomic mass is 79.9. The molecule has 0 aliphatic heterocycles. The molecule has 0 spiro atoms. The van der Waals surface area contributed by atoms with Crippen molar-refractivity contribution in [1.29, 1.82) is 0 Å². The van der Waals surface area contributed by atoms with Crippen LogP contribution in [-0.4, -0.2) is 42.7 Å². The molecule has 1 N–H and O–H groups in total. The smallest absolute Gasteiger partial charge is 0.217 e. The van der Waals surface area contributed by atoms with Gasteiger partial charge in [-0.3, -0.25) is 0 Å². The average molecular weight is 618 g/mol. The molecule has 2 unspecified atom stereocenters. The fraction of sp³-hybridized carbons (Fsp3) is 0.265. The summed E-state index contributed by atoms with van der Waals surface area (Å²) in [5.74, 6) is 0.00449. The highest BCUT2D eigenvalue weighted by molar-refractivity contribution is 9.10. The Morgan fingerprint density at radius 1 is 0.900 bits per heavy atom. The first kappa shape index (κ1) is 28.6. The van der Waals surface area contributed by atoms with Crippen LogP contribution in [-0.2, 0) is 5.60 Å². The van der Waals surface area contributed by atoms with Gasteiger partial charge in [0.1, 0.15) is 5.60 Å². The zero-order valence-corrected chi connectivity index (χ0v) is 25.4. The van der Waals surface area contributed by atoms with Crippen LogP contribution in [0, 0.1) is 0 Å². The van der Waals surface area contributed by atoms with Crippen LogP contribution in [0.3, 0.4) is 0 Å². The maximum Gasteiger partial charge on any atom is 0.217 e. The van der Waals surface area contributed by atoms with Gasteiger partial charge in [0, 0.05) is 26.4 Å². The molecular weight excluding hydrogens is 584 g/mol. The number of hydrogen-bond acceptors (Lipinski definition) is 4. The molecule has 0 radical (unpaired) electrons.